The molecule has 0 radical (unpaired) electrons. The lowest BCUT2D eigenvalue weighted by Crippen LogP contribution is -2.39. The molecule has 8 heteroatoms. The first-order valence-corrected chi connectivity index (χ1v) is 7.83. The summed E-state index contributed by atoms with van der Waals surface area (Å²) in [4.78, 5) is 25.0. The van der Waals surface area contributed by atoms with Gasteiger partial charge in [-0.25, -0.2) is 0 Å². The molecule has 1 N–H and O–H groups in total. The van der Waals surface area contributed by atoms with Crippen LogP contribution in [0.4, 0.5) is 5.69 Å². The van der Waals surface area contributed by atoms with Crippen LogP contribution in [-0.4, -0.2) is 49.5 Å². The maximum absolute atomic E-state index is 12.7. The number of rotatable bonds is 6. The maximum Gasteiger partial charge on any atom is 0.282 e. The summed E-state index contributed by atoms with van der Waals surface area (Å²) in [5, 5.41) is 14.3. The Bertz CT molecular complexity index is 574. The highest BCUT2D eigenvalue weighted by Crippen LogP contribution is 2.27. The molecule has 0 spiro atoms. The van der Waals surface area contributed by atoms with Gasteiger partial charge in [0.05, 0.1) is 12.0 Å². The van der Waals surface area contributed by atoms with Crippen molar-refractivity contribution in [2.45, 2.75) is 19.3 Å². The molecular weight excluding hydrogens is 334 g/mol. The van der Waals surface area contributed by atoms with Gasteiger partial charge in [-0.3, -0.25) is 14.9 Å². The molecule has 1 fully saturated rings. The zero-order valence-corrected chi connectivity index (χ0v) is 14.8. The fraction of sp³-hybridized carbons (Fsp3) is 0.562. The van der Waals surface area contributed by atoms with Crippen molar-refractivity contribution in [3.05, 3.63) is 33.9 Å². The van der Waals surface area contributed by atoms with E-state index in [0.29, 0.717) is 24.8 Å². The van der Waals surface area contributed by atoms with E-state index in [9.17, 15) is 14.9 Å². The van der Waals surface area contributed by atoms with Crippen LogP contribution in [-0.2, 0) is 0 Å². The number of ether oxygens (including phenoxy) is 1. The van der Waals surface area contributed by atoms with Gasteiger partial charge in [0.1, 0.15) is 11.3 Å². The van der Waals surface area contributed by atoms with Crippen LogP contribution < -0.4 is 10.1 Å². The number of nitrogens with one attached hydrogen (secondary N) is 1. The van der Waals surface area contributed by atoms with E-state index >= 15 is 0 Å². The molecule has 1 amide bonds. The Morgan fingerprint density at radius 1 is 1.42 bits per heavy atom. The van der Waals surface area contributed by atoms with Gasteiger partial charge < -0.3 is 15.0 Å². The third kappa shape index (κ3) is 4.82. The SMILES string of the molecule is CNCCC1CCN(C(=O)c2cc(OC)ccc2[N+](=O)[O-])CC1.Cl. The predicted octanol–water partition coefficient (Wildman–Crippen LogP) is 2.49. The number of amides is 1. The summed E-state index contributed by atoms with van der Waals surface area (Å²) in [6.07, 6.45) is 2.97. The number of carbonyl (C=O) groups is 1. The topological polar surface area (TPSA) is 84.7 Å². The van der Waals surface area contributed by atoms with Crippen molar-refractivity contribution < 1.29 is 14.5 Å². The van der Waals surface area contributed by atoms with E-state index in [1.807, 2.05) is 7.05 Å². The summed E-state index contributed by atoms with van der Waals surface area (Å²) in [5.74, 6) is 0.761. The molecule has 0 aliphatic carbocycles. The molecule has 1 aromatic carbocycles. The molecule has 0 aromatic heterocycles. The average Bonchev–Trinajstić information content (AvgIpc) is 2.59. The van der Waals surface area contributed by atoms with Gasteiger partial charge in [0.2, 0.25) is 0 Å². The second-order valence-electron chi connectivity index (χ2n) is 5.77. The number of methoxy groups -OCH3 is 1. The fourth-order valence-corrected chi connectivity index (χ4v) is 2.92. The number of nitro benzene ring substituents is 1. The van der Waals surface area contributed by atoms with Crippen molar-refractivity contribution in [1.29, 1.82) is 0 Å². The standard InChI is InChI=1S/C16H23N3O4.ClH/c1-17-8-5-12-6-9-18(10-7-12)16(20)14-11-13(23-2)3-4-15(14)19(21)22;/h3-4,11-12,17H,5-10H2,1-2H3;1H. The second-order valence-corrected chi connectivity index (χ2v) is 5.77. The highest BCUT2D eigenvalue weighted by molar-refractivity contribution is 5.98. The van der Waals surface area contributed by atoms with E-state index in [1.165, 1.54) is 25.3 Å². The van der Waals surface area contributed by atoms with E-state index in [4.69, 9.17) is 4.74 Å². The number of piperidine rings is 1. The van der Waals surface area contributed by atoms with Crippen molar-refractivity contribution in [3.8, 4) is 5.75 Å². The van der Waals surface area contributed by atoms with Crippen molar-refractivity contribution in [1.82, 2.24) is 10.2 Å². The van der Waals surface area contributed by atoms with Crippen LogP contribution in [0.1, 0.15) is 29.6 Å². The first kappa shape index (κ1) is 20.2. The molecule has 0 unspecified atom stereocenters. The molecule has 1 saturated heterocycles. The Kier molecular flexibility index (Phi) is 7.94. The lowest BCUT2D eigenvalue weighted by molar-refractivity contribution is -0.385. The number of likely N-dealkylation sites (tertiary alicyclic amines) is 1. The summed E-state index contributed by atoms with van der Waals surface area (Å²) in [6.45, 7) is 2.25. The third-order valence-corrected chi connectivity index (χ3v) is 4.34. The lowest BCUT2D eigenvalue weighted by atomic mass is 9.93. The summed E-state index contributed by atoms with van der Waals surface area (Å²) in [6, 6.07) is 4.28. The number of carbonyl (C=O) groups excluding carboxylic acids is 1. The van der Waals surface area contributed by atoms with Crippen molar-refractivity contribution in [2.75, 3.05) is 33.8 Å². The molecule has 134 valence electrons. The molecule has 0 atom stereocenters. The average molecular weight is 358 g/mol. The number of hydrogen-bond donors (Lipinski definition) is 1. The Labute approximate surface area is 147 Å². The first-order chi connectivity index (χ1) is 11.1. The van der Waals surface area contributed by atoms with Crippen LogP contribution >= 0.6 is 12.4 Å². The van der Waals surface area contributed by atoms with Gasteiger partial charge in [-0.05, 0) is 50.9 Å². The Balaban J connectivity index is 0.00000288. The molecule has 1 aliphatic rings. The summed E-state index contributed by atoms with van der Waals surface area (Å²) >= 11 is 0. The molecule has 1 aromatic rings. The monoisotopic (exact) mass is 357 g/mol. The smallest absolute Gasteiger partial charge is 0.282 e. The Morgan fingerprint density at radius 2 is 2.08 bits per heavy atom. The molecular formula is C16H24ClN3O4. The summed E-state index contributed by atoms with van der Waals surface area (Å²) in [7, 11) is 3.41. The van der Waals surface area contributed by atoms with Crippen LogP contribution in [0.5, 0.6) is 5.75 Å². The van der Waals surface area contributed by atoms with Gasteiger partial charge in [-0.15, -0.1) is 12.4 Å². The Hall–Kier alpha value is -1.86. The zero-order chi connectivity index (χ0) is 16.8. The summed E-state index contributed by atoms with van der Waals surface area (Å²) in [5.41, 5.74) is -0.0730. The quantitative estimate of drug-likeness (QED) is 0.624. The minimum absolute atomic E-state index is 0. The first-order valence-electron chi connectivity index (χ1n) is 7.83. The zero-order valence-electron chi connectivity index (χ0n) is 14.0. The number of nitrogens with zero attached hydrogens (tertiary/aromatic N) is 2. The van der Waals surface area contributed by atoms with E-state index in [2.05, 4.69) is 5.32 Å². The van der Waals surface area contributed by atoms with Crippen molar-refractivity contribution in [3.63, 3.8) is 0 Å². The normalized spacial score (nSPS) is 14.8. The van der Waals surface area contributed by atoms with Crippen LogP contribution in [0.25, 0.3) is 0 Å². The van der Waals surface area contributed by atoms with Gasteiger partial charge in [-0.2, -0.15) is 0 Å². The van der Waals surface area contributed by atoms with E-state index in [0.717, 1.165) is 25.8 Å². The highest BCUT2D eigenvalue weighted by atomic mass is 35.5. The molecule has 2 rings (SSSR count). The van der Waals surface area contributed by atoms with E-state index in [1.54, 1.807) is 4.90 Å². The largest absolute Gasteiger partial charge is 0.497 e. The van der Waals surface area contributed by atoms with Gasteiger partial charge in [0.25, 0.3) is 11.6 Å². The number of hydrogen-bond acceptors (Lipinski definition) is 5. The fourth-order valence-electron chi connectivity index (χ4n) is 2.92. The van der Waals surface area contributed by atoms with Gasteiger partial charge in [-0.1, -0.05) is 0 Å². The van der Waals surface area contributed by atoms with Gasteiger partial charge in [0, 0.05) is 19.2 Å². The van der Waals surface area contributed by atoms with Gasteiger partial charge >= 0.3 is 0 Å². The molecule has 7 nitrogen and oxygen atoms in total. The predicted molar refractivity (Wildman–Crippen MR) is 94.1 cm³/mol. The van der Waals surface area contributed by atoms with Crippen LogP contribution in [0.15, 0.2) is 18.2 Å². The minimum Gasteiger partial charge on any atom is -0.497 e. The molecule has 1 heterocycles. The number of benzene rings is 1. The molecule has 0 saturated carbocycles. The van der Waals surface area contributed by atoms with Gasteiger partial charge in [0.15, 0.2) is 0 Å². The van der Waals surface area contributed by atoms with Crippen LogP contribution in [0.2, 0.25) is 0 Å². The highest BCUT2D eigenvalue weighted by Gasteiger charge is 2.28. The maximum atomic E-state index is 12.7. The Morgan fingerprint density at radius 3 is 2.62 bits per heavy atom. The van der Waals surface area contributed by atoms with Crippen molar-refractivity contribution >= 4 is 24.0 Å². The van der Waals surface area contributed by atoms with Crippen LogP contribution in [0.3, 0.4) is 0 Å². The van der Waals surface area contributed by atoms with E-state index in [-0.39, 0.29) is 29.6 Å². The number of halogens is 1. The second kappa shape index (κ2) is 9.44. The molecule has 24 heavy (non-hydrogen) atoms. The third-order valence-electron chi connectivity index (χ3n) is 4.34. The molecule has 0 bridgehead atoms. The number of nitro groups is 1. The van der Waals surface area contributed by atoms with E-state index < -0.39 is 4.92 Å². The lowest BCUT2D eigenvalue weighted by Gasteiger charge is -2.32. The summed E-state index contributed by atoms with van der Waals surface area (Å²) < 4.78 is 5.09. The van der Waals surface area contributed by atoms with Crippen LogP contribution in [0, 0.1) is 16.0 Å². The molecule has 1 aliphatic heterocycles. The minimum atomic E-state index is -0.521. The van der Waals surface area contributed by atoms with Crippen molar-refractivity contribution in [2.24, 2.45) is 5.92 Å².